The predicted octanol–water partition coefficient (Wildman–Crippen LogP) is 3.21. The van der Waals surface area contributed by atoms with Crippen molar-refractivity contribution in [3.63, 3.8) is 0 Å². The molecule has 10 nitrogen and oxygen atoms in total. The smallest absolute Gasteiger partial charge is 0.335 e. The largest absolute Gasteiger partial charge is 0.497 e. The number of nitrogens with zero attached hydrogens (tertiary/aromatic N) is 5. The first-order chi connectivity index (χ1) is 16.4. The van der Waals surface area contributed by atoms with Gasteiger partial charge in [0.25, 0.3) is 5.95 Å². The SMILES string of the molecule is COc1cccc(-c2cnnc(-n3nc(C)c4c3NC(=O)CC4c3ccc(C(=O)O)cc3)n2)c1. The number of methoxy groups -OCH3 is 1. The van der Waals surface area contributed by atoms with Crippen LogP contribution >= 0.6 is 0 Å². The Morgan fingerprint density at radius 2 is 2.00 bits per heavy atom. The number of aryl methyl sites for hydroxylation is 1. The summed E-state index contributed by atoms with van der Waals surface area (Å²) in [4.78, 5) is 28.5. The molecule has 5 rings (SSSR count). The molecular weight excluding hydrogens is 436 g/mol. The number of hydrogen-bond acceptors (Lipinski definition) is 7. The van der Waals surface area contributed by atoms with Crippen LogP contribution in [0.2, 0.25) is 0 Å². The fourth-order valence-corrected chi connectivity index (χ4v) is 4.14. The fourth-order valence-electron chi connectivity index (χ4n) is 4.14. The minimum absolute atomic E-state index is 0.183. The third-order valence-corrected chi connectivity index (χ3v) is 5.77. The number of aromatic carboxylic acids is 1. The van der Waals surface area contributed by atoms with E-state index in [0.717, 1.165) is 16.7 Å². The Kier molecular flexibility index (Phi) is 5.25. The van der Waals surface area contributed by atoms with Crippen molar-refractivity contribution in [2.24, 2.45) is 0 Å². The van der Waals surface area contributed by atoms with Crippen LogP contribution in [0.1, 0.15) is 39.5 Å². The highest BCUT2D eigenvalue weighted by molar-refractivity contribution is 5.95. The van der Waals surface area contributed by atoms with Crippen LogP contribution in [-0.4, -0.2) is 49.1 Å². The number of carboxylic acids is 1. The van der Waals surface area contributed by atoms with E-state index in [1.165, 1.54) is 16.8 Å². The van der Waals surface area contributed by atoms with Gasteiger partial charge in [0, 0.05) is 23.5 Å². The molecular formula is C24H20N6O4. The van der Waals surface area contributed by atoms with Gasteiger partial charge in [-0.3, -0.25) is 4.79 Å². The van der Waals surface area contributed by atoms with Gasteiger partial charge in [-0.15, -0.1) is 5.10 Å². The van der Waals surface area contributed by atoms with E-state index >= 15 is 0 Å². The van der Waals surface area contributed by atoms with E-state index in [4.69, 9.17) is 4.74 Å². The topological polar surface area (TPSA) is 132 Å². The third kappa shape index (κ3) is 3.75. The zero-order chi connectivity index (χ0) is 23.8. The van der Waals surface area contributed by atoms with Crippen LogP contribution in [0.3, 0.4) is 0 Å². The molecule has 0 bridgehead atoms. The molecule has 0 aliphatic carbocycles. The summed E-state index contributed by atoms with van der Waals surface area (Å²) in [5.41, 5.74) is 3.93. The van der Waals surface area contributed by atoms with Crippen molar-refractivity contribution in [2.45, 2.75) is 19.3 Å². The molecule has 0 spiro atoms. The molecule has 0 fully saturated rings. The molecule has 1 aliphatic heterocycles. The molecule has 2 aromatic carbocycles. The maximum Gasteiger partial charge on any atom is 0.335 e. The lowest BCUT2D eigenvalue weighted by atomic mass is 9.85. The normalized spacial score (nSPS) is 14.9. The monoisotopic (exact) mass is 456 g/mol. The lowest BCUT2D eigenvalue weighted by molar-refractivity contribution is -0.116. The van der Waals surface area contributed by atoms with Crippen LogP contribution in [0.5, 0.6) is 5.75 Å². The highest BCUT2D eigenvalue weighted by Gasteiger charge is 2.33. The highest BCUT2D eigenvalue weighted by Crippen LogP contribution is 2.40. The maximum absolute atomic E-state index is 12.6. The number of rotatable bonds is 5. The Morgan fingerprint density at radius 1 is 1.21 bits per heavy atom. The van der Waals surface area contributed by atoms with E-state index in [0.29, 0.717) is 23.0 Å². The lowest BCUT2D eigenvalue weighted by Gasteiger charge is -2.24. The average Bonchev–Trinajstić information content (AvgIpc) is 3.19. The zero-order valence-electron chi connectivity index (χ0n) is 18.4. The highest BCUT2D eigenvalue weighted by atomic mass is 16.5. The number of hydrogen-bond donors (Lipinski definition) is 2. The molecule has 4 aromatic rings. The number of carbonyl (C=O) groups excluding carboxylic acids is 1. The summed E-state index contributed by atoms with van der Waals surface area (Å²) in [5.74, 6) is -0.0857. The third-order valence-electron chi connectivity index (χ3n) is 5.77. The summed E-state index contributed by atoms with van der Waals surface area (Å²) in [5, 5.41) is 24.9. The first kappa shape index (κ1) is 21.3. The zero-order valence-corrected chi connectivity index (χ0v) is 18.4. The van der Waals surface area contributed by atoms with E-state index in [-0.39, 0.29) is 29.8 Å². The molecule has 2 N–H and O–H groups in total. The van der Waals surface area contributed by atoms with Crippen molar-refractivity contribution in [3.05, 3.63) is 77.1 Å². The summed E-state index contributed by atoms with van der Waals surface area (Å²) in [6, 6.07) is 14.0. The quantitative estimate of drug-likeness (QED) is 0.468. The first-order valence-electron chi connectivity index (χ1n) is 10.5. The number of carboxylic acid groups (broad SMARTS) is 1. The van der Waals surface area contributed by atoms with Crippen molar-refractivity contribution in [3.8, 4) is 23.0 Å². The molecule has 0 radical (unpaired) electrons. The van der Waals surface area contributed by atoms with Crippen molar-refractivity contribution >= 4 is 17.7 Å². The van der Waals surface area contributed by atoms with E-state index in [9.17, 15) is 14.7 Å². The Hall–Kier alpha value is -4.60. The standard InChI is InChI=1S/C24H20N6O4/c1-13-21-18(14-6-8-15(9-7-14)23(32)33)11-20(31)27-22(21)30(29-13)24-26-19(12-25-28-24)16-4-3-5-17(10-16)34-2/h3-10,12,18H,11H2,1-2H3,(H,27,31)(H,32,33). The van der Waals surface area contributed by atoms with Crippen LogP contribution in [0, 0.1) is 6.92 Å². The number of aromatic nitrogens is 5. The van der Waals surface area contributed by atoms with Gasteiger partial charge < -0.3 is 15.2 Å². The number of carbonyl (C=O) groups is 2. The van der Waals surface area contributed by atoms with Crippen LogP contribution in [0.25, 0.3) is 17.2 Å². The Morgan fingerprint density at radius 3 is 2.74 bits per heavy atom. The number of nitrogens with one attached hydrogen (secondary N) is 1. The second-order valence-corrected chi connectivity index (χ2v) is 7.87. The van der Waals surface area contributed by atoms with Gasteiger partial charge in [-0.05, 0) is 36.8 Å². The van der Waals surface area contributed by atoms with E-state index in [1.54, 1.807) is 25.4 Å². The van der Waals surface area contributed by atoms with Gasteiger partial charge in [-0.1, -0.05) is 24.3 Å². The number of anilines is 1. The van der Waals surface area contributed by atoms with Gasteiger partial charge in [-0.2, -0.15) is 14.9 Å². The van der Waals surface area contributed by atoms with Gasteiger partial charge in [0.2, 0.25) is 5.91 Å². The maximum atomic E-state index is 12.6. The van der Waals surface area contributed by atoms with E-state index in [1.807, 2.05) is 31.2 Å². The van der Waals surface area contributed by atoms with Gasteiger partial charge in [0.05, 0.1) is 30.3 Å². The second-order valence-electron chi connectivity index (χ2n) is 7.87. The average molecular weight is 456 g/mol. The van der Waals surface area contributed by atoms with E-state index < -0.39 is 5.97 Å². The van der Waals surface area contributed by atoms with Gasteiger partial charge in [0.1, 0.15) is 11.6 Å². The van der Waals surface area contributed by atoms with Crippen molar-refractivity contribution in [1.82, 2.24) is 25.0 Å². The molecule has 0 saturated carbocycles. The minimum atomic E-state index is -1.00. The summed E-state index contributed by atoms with van der Waals surface area (Å²) in [6.45, 7) is 1.85. The Balaban J connectivity index is 1.58. The van der Waals surface area contributed by atoms with Gasteiger partial charge >= 0.3 is 5.97 Å². The molecule has 34 heavy (non-hydrogen) atoms. The summed E-state index contributed by atoms with van der Waals surface area (Å²) in [7, 11) is 1.59. The van der Waals surface area contributed by atoms with Crippen LogP contribution < -0.4 is 10.1 Å². The molecule has 170 valence electrons. The fraction of sp³-hybridized carbons (Fsp3) is 0.167. The summed E-state index contributed by atoms with van der Waals surface area (Å²) < 4.78 is 6.78. The molecule has 1 unspecified atom stereocenters. The molecule has 2 aromatic heterocycles. The molecule has 1 atom stereocenters. The molecule has 1 amide bonds. The minimum Gasteiger partial charge on any atom is -0.497 e. The number of amides is 1. The second kappa shape index (κ2) is 8.39. The number of ether oxygens (including phenoxy) is 1. The van der Waals surface area contributed by atoms with Gasteiger partial charge in [0.15, 0.2) is 0 Å². The molecule has 3 heterocycles. The van der Waals surface area contributed by atoms with E-state index in [2.05, 4.69) is 25.6 Å². The van der Waals surface area contributed by atoms with Crippen LogP contribution in [-0.2, 0) is 4.79 Å². The molecule has 1 aliphatic rings. The summed E-state index contributed by atoms with van der Waals surface area (Å²) >= 11 is 0. The number of fused-ring (bicyclic) bond motifs is 1. The van der Waals surface area contributed by atoms with Crippen molar-refractivity contribution in [2.75, 3.05) is 12.4 Å². The molecule has 0 saturated heterocycles. The van der Waals surface area contributed by atoms with Crippen LogP contribution in [0.4, 0.5) is 5.82 Å². The van der Waals surface area contributed by atoms with Crippen molar-refractivity contribution < 1.29 is 19.4 Å². The predicted molar refractivity (Wildman–Crippen MR) is 122 cm³/mol. The Labute approximate surface area is 194 Å². The number of benzene rings is 2. The molecule has 10 heteroatoms. The van der Waals surface area contributed by atoms with Crippen LogP contribution in [0.15, 0.2) is 54.7 Å². The van der Waals surface area contributed by atoms with Crippen molar-refractivity contribution in [1.29, 1.82) is 0 Å². The summed E-state index contributed by atoms with van der Waals surface area (Å²) in [6.07, 6.45) is 1.77. The lowest BCUT2D eigenvalue weighted by Crippen LogP contribution is -2.25. The van der Waals surface area contributed by atoms with Gasteiger partial charge in [-0.25, -0.2) is 9.78 Å². The Bertz CT molecular complexity index is 1410. The first-order valence-corrected chi connectivity index (χ1v) is 10.5.